The number of carbonyl (C=O) groups excluding carboxylic acids is 1. The van der Waals surface area contributed by atoms with Gasteiger partial charge in [-0.15, -0.1) is 0 Å². The van der Waals surface area contributed by atoms with Crippen molar-refractivity contribution in [3.63, 3.8) is 0 Å². The van der Waals surface area contributed by atoms with Crippen molar-refractivity contribution in [3.8, 4) is 11.8 Å². The Bertz CT molecular complexity index is 423. The monoisotopic (exact) mass is 267 g/mol. The van der Waals surface area contributed by atoms with Gasteiger partial charge in [-0.05, 0) is 32.0 Å². The van der Waals surface area contributed by atoms with Crippen molar-refractivity contribution in [3.05, 3.63) is 28.2 Å². The minimum Gasteiger partial charge on any atom is -0.475 e. The first-order chi connectivity index (χ1) is 7.04. The van der Waals surface area contributed by atoms with E-state index in [1.165, 1.54) is 6.92 Å². The van der Waals surface area contributed by atoms with Gasteiger partial charge >= 0.3 is 0 Å². The topological polar surface area (TPSA) is 50.1 Å². The molecule has 15 heavy (non-hydrogen) atoms. The molecule has 1 aromatic rings. The molecule has 0 N–H and O–H groups in total. The van der Waals surface area contributed by atoms with Crippen molar-refractivity contribution < 1.29 is 9.53 Å². The maximum Gasteiger partial charge on any atom is 0.181 e. The maximum absolute atomic E-state index is 11.3. The van der Waals surface area contributed by atoms with Crippen LogP contribution in [0.1, 0.15) is 24.2 Å². The van der Waals surface area contributed by atoms with E-state index in [0.29, 0.717) is 11.3 Å². The van der Waals surface area contributed by atoms with Gasteiger partial charge < -0.3 is 4.74 Å². The summed E-state index contributed by atoms with van der Waals surface area (Å²) in [5, 5.41) is 8.62. The quantitative estimate of drug-likeness (QED) is 0.792. The summed E-state index contributed by atoms with van der Waals surface area (Å²) in [6.07, 6.45) is -0.572. The van der Waals surface area contributed by atoms with E-state index in [1.54, 1.807) is 25.1 Å². The van der Waals surface area contributed by atoms with Crippen LogP contribution in [0.25, 0.3) is 0 Å². The molecule has 1 aromatic carbocycles. The number of ether oxygens (including phenoxy) is 1. The molecule has 1 unspecified atom stereocenters. The Morgan fingerprint density at radius 2 is 2.27 bits per heavy atom. The average Bonchev–Trinajstić information content (AvgIpc) is 2.17. The predicted octanol–water partition coefficient (Wildman–Crippen LogP) is 2.94. The smallest absolute Gasteiger partial charge is 0.181 e. The Labute approximate surface area is 96.8 Å². The molecule has 0 amide bonds. The number of hydrogen-bond acceptors (Lipinski definition) is 3. The summed E-state index contributed by atoms with van der Waals surface area (Å²) >= 11 is 3.28. The fourth-order valence-corrected chi connectivity index (χ4v) is 1.44. The van der Waals surface area contributed by atoms with E-state index in [-0.39, 0.29) is 5.78 Å². The first-order valence-corrected chi connectivity index (χ1v) is 5.20. The fourth-order valence-electron chi connectivity index (χ4n) is 1.10. The minimum atomic E-state index is -0.572. The van der Waals surface area contributed by atoms with Gasteiger partial charge in [-0.3, -0.25) is 4.79 Å². The van der Waals surface area contributed by atoms with Crippen LogP contribution < -0.4 is 4.74 Å². The van der Waals surface area contributed by atoms with Gasteiger partial charge in [0.05, 0.1) is 5.56 Å². The summed E-state index contributed by atoms with van der Waals surface area (Å²) < 4.78 is 6.14. The molecule has 0 bridgehead atoms. The lowest BCUT2D eigenvalue weighted by atomic mass is 10.1. The average molecular weight is 268 g/mol. The molecule has 0 heterocycles. The summed E-state index contributed by atoms with van der Waals surface area (Å²) in [4.78, 5) is 11.3. The van der Waals surface area contributed by atoms with Crippen LogP contribution in [-0.4, -0.2) is 11.9 Å². The van der Waals surface area contributed by atoms with Gasteiger partial charge in [0.1, 0.15) is 11.8 Å². The molecule has 0 aliphatic heterocycles. The van der Waals surface area contributed by atoms with Gasteiger partial charge in [0.25, 0.3) is 0 Å². The standard InChI is InChI=1S/C11H10BrNO2/c1-7(6-13)15-11-5-9(12)3-4-10(11)8(2)14/h3-5,7H,1-2H3. The highest BCUT2D eigenvalue weighted by molar-refractivity contribution is 9.10. The highest BCUT2D eigenvalue weighted by Crippen LogP contribution is 2.25. The molecule has 0 saturated carbocycles. The van der Waals surface area contributed by atoms with Gasteiger partial charge in [-0.2, -0.15) is 5.26 Å². The van der Waals surface area contributed by atoms with Crippen LogP contribution in [0.2, 0.25) is 0 Å². The molecular formula is C11H10BrNO2. The number of hydrogen-bond donors (Lipinski definition) is 0. The predicted molar refractivity (Wildman–Crippen MR) is 59.8 cm³/mol. The second-order valence-electron chi connectivity index (χ2n) is 3.09. The summed E-state index contributed by atoms with van der Waals surface area (Å²) in [6.45, 7) is 3.10. The van der Waals surface area contributed by atoms with Crippen LogP contribution in [0.15, 0.2) is 22.7 Å². The molecule has 0 saturated heterocycles. The Balaban J connectivity index is 3.08. The van der Waals surface area contributed by atoms with E-state index in [4.69, 9.17) is 10.00 Å². The number of ketones is 1. The van der Waals surface area contributed by atoms with Crippen molar-refractivity contribution in [1.82, 2.24) is 0 Å². The lowest BCUT2D eigenvalue weighted by molar-refractivity contribution is 0.101. The molecular weight excluding hydrogens is 258 g/mol. The Kier molecular flexibility index (Phi) is 3.87. The number of halogens is 1. The van der Waals surface area contributed by atoms with Crippen LogP contribution in [-0.2, 0) is 0 Å². The van der Waals surface area contributed by atoms with Gasteiger partial charge in [0, 0.05) is 4.47 Å². The Morgan fingerprint density at radius 1 is 1.60 bits per heavy atom. The molecule has 0 fully saturated rings. The third kappa shape index (κ3) is 3.07. The van der Waals surface area contributed by atoms with Crippen molar-refractivity contribution in [2.45, 2.75) is 20.0 Å². The largest absolute Gasteiger partial charge is 0.475 e. The van der Waals surface area contributed by atoms with Crippen LogP contribution in [0.4, 0.5) is 0 Å². The van der Waals surface area contributed by atoms with Crippen molar-refractivity contribution in [1.29, 1.82) is 5.26 Å². The lowest BCUT2D eigenvalue weighted by Crippen LogP contribution is -2.10. The second kappa shape index (κ2) is 4.94. The van der Waals surface area contributed by atoms with E-state index in [2.05, 4.69) is 15.9 Å². The molecule has 3 nitrogen and oxygen atoms in total. The number of Topliss-reactive ketones (excluding diaryl/α,β-unsaturated/α-hetero) is 1. The minimum absolute atomic E-state index is 0.0809. The van der Waals surface area contributed by atoms with Crippen molar-refractivity contribution in [2.75, 3.05) is 0 Å². The molecule has 78 valence electrons. The number of nitriles is 1. The summed E-state index contributed by atoms with van der Waals surface area (Å²) in [5.41, 5.74) is 0.486. The number of benzene rings is 1. The summed E-state index contributed by atoms with van der Waals surface area (Å²) in [5.74, 6) is 0.355. The number of carbonyl (C=O) groups is 1. The molecule has 0 aliphatic rings. The Hall–Kier alpha value is -1.34. The molecule has 0 aromatic heterocycles. The second-order valence-corrected chi connectivity index (χ2v) is 4.00. The van der Waals surface area contributed by atoms with Crippen molar-refractivity contribution >= 4 is 21.7 Å². The fraction of sp³-hybridized carbons (Fsp3) is 0.273. The summed E-state index contributed by atoms with van der Waals surface area (Å²) in [6, 6.07) is 7.07. The normalized spacial score (nSPS) is 11.6. The molecule has 1 atom stereocenters. The van der Waals surface area contributed by atoms with E-state index in [9.17, 15) is 4.79 Å². The zero-order valence-electron chi connectivity index (χ0n) is 8.45. The molecule has 0 radical (unpaired) electrons. The molecule has 0 spiro atoms. The molecule has 0 aliphatic carbocycles. The summed E-state index contributed by atoms with van der Waals surface area (Å²) in [7, 11) is 0. The van der Waals surface area contributed by atoms with E-state index >= 15 is 0 Å². The first-order valence-electron chi connectivity index (χ1n) is 4.41. The third-order valence-corrected chi connectivity index (χ3v) is 2.30. The van der Waals surface area contributed by atoms with Crippen molar-refractivity contribution in [2.24, 2.45) is 0 Å². The highest BCUT2D eigenvalue weighted by Gasteiger charge is 2.11. The number of nitrogens with zero attached hydrogens (tertiary/aromatic N) is 1. The number of rotatable bonds is 3. The van der Waals surface area contributed by atoms with Gasteiger partial charge in [-0.25, -0.2) is 0 Å². The van der Waals surface area contributed by atoms with Crippen LogP contribution in [0.3, 0.4) is 0 Å². The van der Waals surface area contributed by atoms with Crippen LogP contribution in [0.5, 0.6) is 5.75 Å². The van der Waals surface area contributed by atoms with E-state index < -0.39 is 6.10 Å². The van der Waals surface area contributed by atoms with E-state index in [0.717, 1.165) is 4.47 Å². The van der Waals surface area contributed by atoms with E-state index in [1.807, 2.05) is 6.07 Å². The maximum atomic E-state index is 11.3. The van der Waals surface area contributed by atoms with Crippen LogP contribution >= 0.6 is 15.9 Å². The Morgan fingerprint density at radius 3 is 2.80 bits per heavy atom. The van der Waals surface area contributed by atoms with Crippen LogP contribution in [0, 0.1) is 11.3 Å². The van der Waals surface area contributed by atoms with Gasteiger partial charge in [0.2, 0.25) is 0 Å². The third-order valence-electron chi connectivity index (χ3n) is 1.81. The molecule has 1 rings (SSSR count). The van der Waals surface area contributed by atoms with Gasteiger partial charge in [0.15, 0.2) is 11.9 Å². The SMILES string of the molecule is CC(=O)c1ccc(Br)cc1OC(C)C#N. The highest BCUT2D eigenvalue weighted by atomic mass is 79.9. The first kappa shape index (κ1) is 11.7. The zero-order valence-corrected chi connectivity index (χ0v) is 10.0. The van der Waals surface area contributed by atoms with Gasteiger partial charge in [-0.1, -0.05) is 15.9 Å². The zero-order chi connectivity index (χ0) is 11.4. The lowest BCUT2D eigenvalue weighted by Gasteiger charge is -2.11. The molecule has 4 heteroatoms.